The lowest BCUT2D eigenvalue weighted by Crippen LogP contribution is -2.03. The molecule has 0 amide bonds. The normalized spacial score (nSPS) is 11.6. The molecule has 6 aromatic carbocycles. The van der Waals surface area contributed by atoms with Crippen LogP contribution in [-0.2, 0) is 0 Å². The molecular formula is C58H42N8. The summed E-state index contributed by atoms with van der Waals surface area (Å²) in [5.41, 5.74) is 14.5. The summed E-state index contributed by atoms with van der Waals surface area (Å²) in [7, 11) is 0. The van der Waals surface area contributed by atoms with Gasteiger partial charge >= 0.3 is 0 Å². The van der Waals surface area contributed by atoms with E-state index in [9.17, 15) is 0 Å². The van der Waals surface area contributed by atoms with Gasteiger partial charge < -0.3 is 0 Å². The van der Waals surface area contributed by atoms with Gasteiger partial charge in [-0.25, -0.2) is 29.9 Å². The summed E-state index contributed by atoms with van der Waals surface area (Å²) < 4.78 is 4.50. The van der Waals surface area contributed by atoms with E-state index in [2.05, 4.69) is 134 Å². The van der Waals surface area contributed by atoms with Gasteiger partial charge in [0.2, 0.25) is 0 Å². The third-order valence-electron chi connectivity index (χ3n) is 12.4. The predicted octanol–water partition coefficient (Wildman–Crippen LogP) is 13.8. The van der Waals surface area contributed by atoms with Crippen molar-refractivity contribution in [2.75, 3.05) is 0 Å². The Morgan fingerprint density at radius 2 is 0.621 bits per heavy atom. The fourth-order valence-corrected chi connectivity index (χ4v) is 9.24. The fraction of sp³-hybridized carbons (Fsp3) is 0.0690. The van der Waals surface area contributed by atoms with Crippen LogP contribution in [0.4, 0.5) is 0 Å². The molecule has 0 N–H and O–H groups in total. The Kier molecular flexibility index (Phi) is 9.20. The van der Waals surface area contributed by atoms with E-state index in [0.717, 1.165) is 50.4 Å². The first kappa shape index (κ1) is 39.0. The second kappa shape index (κ2) is 15.6. The highest BCUT2D eigenvalue weighted by molar-refractivity contribution is 6.10. The van der Waals surface area contributed by atoms with E-state index in [0.29, 0.717) is 40.2 Å². The topological polar surface area (TPSA) is 87.2 Å². The molecule has 0 saturated heterocycles. The van der Waals surface area contributed by atoms with Gasteiger partial charge in [-0.1, -0.05) is 119 Å². The highest BCUT2D eigenvalue weighted by atomic mass is 15.1. The van der Waals surface area contributed by atoms with Crippen molar-refractivity contribution in [3.05, 3.63) is 204 Å². The van der Waals surface area contributed by atoms with E-state index >= 15 is 0 Å². The number of rotatable bonds is 7. The summed E-state index contributed by atoms with van der Waals surface area (Å²) in [6.45, 7) is 8.56. The second-order valence-electron chi connectivity index (χ2n) is 17.2. The smallest absolute Gasteiger partial charge is 0.164 e. The molecule has 0 fully saturated rings. The first-order valence-electron chi connectivity index (χ1n) is 22.2. The molecule has 0 aliphatic carbocycles. The highest BCUT2D eigenvalue weighted by Crippen LogP contribution is 2.37. The van der Waals surface area contributed by atoms with Crippen LogP contribution in [0.1, 0.15) is 22.3 Å². The van der Waals surface area contributed by atoms with E-state index in [-0.39, 0.29) is 0 Å². The van der Waals surface area contributed by atoms with Crippen LogP contribution in [0.2, 0.25) is 0 Å². The van der Waals surface area contributed by atoms with Crippen molar-refractivity contribution in [2.45, 2.75) is 27.7 Å². The summed E-state index contributed by atoms with van der Waals surface area (Å²) in [4.78, 5) is 31.5. The first-order chi connectivity index (χ1) is 32.3. The second-order valence-corrected chi connectivity index (χ2v) is 17.2. The zero-order valence-electron chi connectivity index (χ0n) is 36.9. The average molecular weight is 851 g/mol. The third kappa shape index (κ3) is 6.78. The summed E-state index contributed by atoms with van der Waals surface area (Å²) in [5.74, 6) is 3.26. The number of aryl methyl sites for hydroxylation is 4. The molecule has 12 rings (SSSR count). The van der Waals surface area contributed by atoms with Crippen molar-refractivity contribution in [1.82, 2.24) is 39.0 Å². The molecule has 6 aromatic heterocycles. The lowest BCUT2D eigenvalue weighted by molar-refractivity contribution is 1.06. The van der Waals surface area contributed by atoms with E-state index < -0.39 is 0 Å². The molecule has 314 valence electrons. The van der Waals surface area contributed by atoms with Gasteiger partial charge in [0.1, 0.15) is 11.6 Å². The zero-order chi connectivity index (χ0) is 44.5. The van der Waals surface area contributed by atoms with Gasteiger partial charge in [0.15, 0.2) is 17.5 Å². The Hall–Kier alpha value is -8.62. The minimum Gasteiger partial charge on any atom is -0.294 e. The maximum absolute atomic E-state index is 5.39. The van der Waals surface area contributed by atoms with Crippen molar-refractivity contribution < 1.29 is 0 Å². The van der Waals surface area contributed by atoms with Crippen molar-refractivity contribution in [1.29, 1.82) is 0 Å². The van der Waals surface area contributed by atoms with Gasteiger partial charge in [-0.15, -0.1) is 0 Å². The Balaban J connectivity index is 1.08. The van der Waals surface area contributed by atoms with Gasteiger partial charge in [-0.05, 0) is 113 Å². The van der Waals surface area contributed by atoms with Crippen LogP contribution in [-0.4, -0.2) is 39.0 Å². The monoisotopic (exact) mass is 850 g/mol. The lowest BCUT2D eigenvalue weighted by atomic mass is 10.1. The molecule has 8 nitrogen and oxygen atoms in total. The van der Waals surface area contributed by atoms with E-state index in [1.54, 1.807) is 0 Å². The van der Waals surface area contributed by atoms with Crippen LogP contribution in [0, 0.1) is 27.7 Å². The summed E-state index contributed by atoms with van der Waals surface area (Å²) in [6, 6.07) is 62.9. The Morgan fingerprint density at radius 3 is 0.985 bits per heavy atom. The van der Waals surface area contributed by atoms with Gasteiger partial charge in [-0.2, -0.15) is 0 Å². The fourth-order valence-electron chi connectivity index (χ4n) is 9.24. The van der Waals surface area contributed by atoms with Crippen molar-refractivity contribution in [3.63, 3.8) is 0 Å². The molecule has 0 aliphatic heterocycles. The van der Waals surface area contributed by atoms with Crippen LogP contribution in [0.3, 0.4) is 0 Å². The van der Waals surface area contributed by atoms with Crippen molar-refractivity contribution in [3.8, 4) is 68.6 Å². The summed E-state index contributed by atoms with van der Waals surface area (Å²) in [5, 5.41) is 4.78. The molecule has 6 heterocycles. The molecule has 0 atom stereocenters. The molecule has 0 radical (unpaired) electrons. The molecule has 0 aliphatic rings. The Morgan fingerprint density at radius 1 is 0.273 bits per heavy atom. The third-order valence-corrected chi connectivity index (χ3v) is 12.4. The van der Waals surface area contributed by atoms with Crippen molar-refractivity contribution in [2.24, 2.45) is 0 Å². The average Bonchev–Trinajstić information content (AvgIpc) is 3.85. The van der Waals surface area contributed by atoms with Gasteiger partial charge in [0, 0.05) is 38.2 Å². The zero-order valence-corrected chi connectivity index (χ0v) is 36.9. The number of hydrogen-bond acceptors (Lipinski definition) is 6. The van der Waals surface area contributed by atoms with E-state index in [4.69, 9.17) is 29.9 Å². The van der Waals surface area contributed by atoms with Crippen LogP contribution in [0.25, 0.3) is 112 Å². The number of nitrogens with zero attached hydrogens (tertiary/aromatic N) is 8. The van der Waals surface area contributed by atoms with Crippen LogP contribution >= 0.6 is 0 Å². The van der Waals surface area contributed by atoms with Gasteiger partial charge in [0.25, 0.3) is 0 Å². The number of pyridine rings is 3. The van der Waals surface area contributed by atoms with E-state index in [1.807, 2.05) is 84.9 Å². The maximum Gasteiger partial charge on any atom is 0.164 e. The highest BCUT2D eigenvalue weighted by Gasteiger charge is 2.20. The van der Waals surface area contributed by atoms with E-state index in [1.165, 1.54) is 43.8 Å². The minimum absolute atomic E-state index is 0.515. The van der Waals surface area contributed by atoms with Crippen LogP contribution < -0.4 is 0 Å². The molecular weight excluding hydrogens is 809 g/mol. The van der Waals surface area contributed by atoms with Crippen LogP contribution in [0.5, 0.6) is 0 Å². The quantitative estimate of drug-likeness (QED) is 0.159. The number of hydrogen-bond donors (Lipinski definition) is 0. The molecule has 8 heteroatoms. The SMILES string of the molecule is Cc1ccc2c(c1)c1cc(C)ccc1n2-c1cccc(-c2cc(-c3nc(-c4ccccc4)nc(-c4ccccc4)n3)cc(-c3cccc(-n4c5ccc(C)cc5c5cc(C)ccc54)n3)n2)n1. The van der Waals surface area contributed by atoms with Gasteiger partial charge in [-0.3, -0.25) is 9.13 Å². The first-order valence-corrected chi connectivity index (χ1v) is 22.2. The minimum atomic E-state index is 0.515. The standard InChI is InChI=1S/C58H42N8/c1-35-21-25-50-42(29-35)43-30-36(2)22-26-51(43)65(50)54-19-11-17-46(60-54)48-33-41(58-63-56(39-13-7-5-8-14-39)62-57(64-58)40-15-9-6-10-16-40)34-49(59-48)47-18-12-20-55(61-47)66-52-27-23-37(3)31-44(52)45-32-38(4)24-28-53(45)66/h5-34H,1-4H3. The maximum atomic E-state index is 5.39. The molecule has 0 bridgehead atoms. The van der Waals surface area contributed by atoms with Crippen molar-refractivity contribution >= 4 is 43.6 Å². The Labute approximate surface area is 381 Å². The molecule has 0 spiro atoms. The summed E-state index contributed by atoms with van der Waals surface area (Å²) in [6.07, 6.45) is 0. The molecule has 12 aromatic rings. The number of aromatic nitrogens is 8. The van der Waals surface area contributed by atoms with Crippen LogP contribution in [0.15, 0.2) is 182 Å². The predicted molar refractivity (Wildman–Crippen MR) is 268 cm³/mol. The summed E-state index contributed by atoms with van der Waals surface area (Å²) >= 11 is 0. The number of fused-ring (bicyclic) bond motifs is 6. The largest absolute Gasteiger partial charge is 0.294 e. The Bertz CT molecular complexity index is 3500. The number of benzene rings is 6. The molecule has 0 unspecified atom stereocenters. The molecule has 0 saturated carbocycles. The molecule has 66 heavy (non-hydrogen) atoms. The van der Waals surface area contributed by atoms with Gasteiger partial charge in [0.05, 0.1) is 44.8 Å². The lowest BCUT2D eigenvalue weighted by Gasteiger charge is -2.13.